The first-order valence-electron chi connectivity index (χ1n) is 5.42. The van der Waals surface area contributed by atoms with Crippen LogP contribution in [0.1, 0.15) is 13.3 Å². The molecule has 0 aromatic carbocycles. The highest BCUT2D eigenvalue weighted by atomic mass is 16.5. The monoisotopic (exact) mass is 236 g/mol. The van der Waals surface area contributed by atoms with Gasteiger partial charge in [-0.15, -0.1) is 0 Å². The Kier molecular flexibility index (Phi) is 5.10. The van der Waals surface area contributed by atoms with Gasteiger partial charge in [-0.25, -0.2) is 0 Å². The average Bonchev–Trinajstić information content (AvgIpc) is 2.28. The van der Waals surface area contributed by atoms with Gasteiger partial charge in [-0.05, 0) is 12.3 Å². The van der Waals surface area contributed by atoms with Gasteiger partial charge in [-0.3, -0.25) is 0 Å². The summed E-state index contributed by atoms with van der Waals surface area (Å²) in [6, 6.07) is 0. The van der Waals surface area contributed by atoms with Crippen molar-refractivity contribution in [1.82, 2.24) is 0 Å². The minimum Gasteiger partial charge on any atom is -0.394 e. The summed E-state index contributed by atoms with van der Waals surface area (Å²) in [7, 11) is 0. The third kappa shape index (κ3) is 3.13. The predicted molar refractivity (Wildman–Crippen MR) is 54.6 cm³/mol. The van der Waals surface area contributed by atoms with E-state index in [9.17, 15) is 15.3 Å². The van der Waals surface area contributed by atoms with E-state index in [1.807, 2.05) is 0 Å². The molecule has 1 saturated carbocycles. The average molecular weight is 236 g/mol. The maximum Gasteiger partial charge on any atom is 0.109 e. The molecule has 0 unspecified atom stereocenters. The van der Waals surface area contributed by atoms with Gasteiger partial charge < -0.3 is 30.3 Å². The lowest BCUT2D eigenvalue weighted by Crippen LogP contribution is -2.54. The lowest BCUT2D eigenvalue weighted by molar-refractivity contribution is -0.177. The molecule has 6 heteroatoms. The van der Waals surface area contributed by atoms with E-state index in [0.717, 1.165) is 0 Å². The standard InChI is InChI=1S/C10H20O6/c1-5-2-7(16-4-6(12)3-11)9(14)10(15)8(5)13/h5-15H,2-4H2,1H3/t5-,6-,7-,8-,9-,10-/m1/s1. The van der Waals surface area contributed by atoms with E-state index >= 15 is 0 Å². The van der Waals surface area contributed by atoms with Crippen LogP contribution >= 0.6 is 0 Å². The van der Waals surface area contributed by atoms with Crippen molar-refractivity contribution in [3.8, 4) is 0 Å². The van der Waals surface area contributed by atoms with E-state index in [1.165, 1.54) is 0 Å². The highest BCUT2D eigenvalue weighted by Gasteiger charge is 2.41. The lowest BCUT2D eigenvalue weighted by Gasteiger charge is -2.39. The molecule has 1 fully saturated rings. The van der Waals surface area contributed by atoms with Gasteiger partial charge in [-0.2, -0.15) is 0 Å². The minimum atomic E-state index is -1.24. The molecule has 96 valence electrons. The fourth-order valence-electron chi connectivity index (χ4n) is 1.86. The van der Waals surface area contributed by atoms with Crippen LogP contribution in [-0.4, -0.2) is 69.3 Å². The van der Waals surface area contributed by atoms with Crippen molar-refractivity contribution in [3.63, 3.8) is 0 Å². The number of ether oxygens (including phenoxy) is 1. The molecule has 0 spiro atoms. The largest absolute Gasteiger partial charge is 0.394 e. The lowest BCUT2D eigenvalue weighted by atomic mass is 9.82. The molecule has 6 nitrogen and oxygen atoms in total. The van der Waals surface area contributed by atoms with Gasteiger partial charge in [0.2, 0.25) is 0 Å². The molecule has 1 aliphatic rings. The van der Waals surface area contributed by atoms with Gasteiger partial charge in [-0.1, -0.05) is 6.92 Å². The van der Waals surface area contributed by atoms with Crippen molar-refractivity contribution in [2.45, 2.75) is 43.9 Å². The highest BCUT2D eigenvalue weighted by molar-refractivity contribution is 4.91. The second kappa shape index (κ2) is 5.90. The van der Waals surface area contributed by atoms with Crippen molar-refractivity contribution in [3.05, 3.63) is 0 Å². The number of rotatable bonds is 4. The Bertz CT molecular complexity index is 211. The maximum atomic E-state index is 9.63. The van der Waals surface area contributed by atoms with E-state index in [0.29, 0.717) is 6.42 Å². The third-order valence-electron chi connectivity index (χ3n) is 2.98. The molecule has 0 amide bonds. The Hall–Kier alpha value is -0.240. The normalized spacial score (nSPS) is 42.0. The molecule has 0 aliphatic heterocycles. The van der Waals surface area contributed by atoms with Crippen LogP contribution in [0.15, 0.2) is 0 Å². The van der Waals surface area contributed by atoms with Crippen LogP contribution in [0.3, 0.4) is 0 Å². The summed E-state index contributed by atoms with van der Waals surface area (Å²) >= 11 is 0. The van der Waals surface area contributed by atoms with Gasteiger partial charge in [0.15, 0.2) is 0 Å². The van der Waals surface area contributed by atoms with E-state index in [-0.39, 0.29) is 12.5 Å². The Balaban J connectivity index is 2.47. The molecule has 1 aliphatic carbocycles. The summed E-state index contributed by atoms with van der Waals surface area (Å²) in [4.78, 5) is 0. The van der Waals surface area contributed by atoms with Gasteiger partial charge >= 0.3 is 0 Å². The van der Waals surface area contributed by atoms with Crippen molar-refractivity contribution >= 4 is 0 Å². The van der Waals surface area contributed by atoms with Gasteiger partial charge in [0.25, 0.3) is 0 Å². The van der Waals surface area contributed by atoms with Crippen LogP contribution in [0, 0.1) is 5.92 Å². The Morgan fingerprint density at radius 3 is 2.38 bits per heavy atom. The predicted octanol–water partition coefficient (Wildman–Crippen LogP) is -2.15. The Morgan fingerprint density at radius 1 is 1.19 bits per heavy atom. The highest BCUT2D eigenvalue weighted by Crippen LogP contribution is 2.27. The van der Waals surface area contributed by atoms with Crippen molar-refractivity contribution in [1.29, 1.82) is 0 Å². The summed E-state index contributed by atoms with van der Waals surface area (Å²) < 4.78 is 5.21. The van der Waals surface area contributed by atoms with Crippen molar-refractivity contribution in [2.24, 2.45) is 5.92 Å². The second-order valence-corrected chi connectivity index (χ2v) is 4.39. The molecule has 0 aromatic heterocycles. The van der Waals surface area contributed by atoms with E-state index in [2.05, 4.69) is 0 Å². The van der Waals surface area contributed by atoms with Gasteiger partial charge in [0, 0.05) is 0 Å². The van der Waals surface area contributed by atoms with Crippen LogP contribution in [-0.2, 0) is 4.74 Å². The summed E-state index contributed by atoms with van der Waals surface area (Å²) in [6.07, 6.45) is -4.59. The van der Waals surface area contributed by atoms with E-state index in [1.54, 1.807) is 6.92 Å². The van der Waals surface area contributed by atoms with E-state index < -0.39 is 37.1 Å². The summed E-state index contributed by atoms with van der Waals surface area (Å²) in [5.74, 6) is -0.185. The third-order valence-corrected chi connectivity index (χ3v) is 2.98. The molecule has 0 radical (unpaired) electrons. The summed E-state index contributed by atoms with van der Waals surface area (Å²) in [5.41, 5.74) is 0. The van der Waals surface area contributed by atoms with Crippen LogP contribution in [0.25, 0.3) is 0 Å². The summed E-state index contributed by atoms with van der Waals surface area (Å²) in [5, 5.41) is 46.3. The molecule has 0 aromatic rings. The molecule has 0 bridgehead atoms. The van der Waals surface area contributed by atoms with Crippen molar-refractivity contribution in [2.75, 3.05) is 13.2 Å². The van der Waals surface area contributed by atoms with Crippen LogP contribution in [0.2, 0.25) is 0 Å². The Labute approximate surface area is 94.1 Å². The zero-order chi connectivity index (χ0) is 12.3. The minimum absolute atomic E-state index is 0.103. The molecular weight excluding hydrogens is 216 g/mol. The molecular formula is C10H20O6. The van der Waals surface area contributed by atoms with Crippen LogP contribution in [0.5, 0.6) is 0 Å². The quantitative estimate of drug-likeness (QED) is 0.380. The first kappa shape index (κ1) is 13.8. The topological polar surface area (TPSA) is 110 Å². The molecule has 0 heterocycles. The zero-order valence-electron chi connectivity index (χ0n) is 9.23. The molecule has 6 atom stereocenters. The van der Waals surface area contributed by atoms with Gasteiger partial charge in [0.1, 0.15) is 18.3 Å². The molecule has 1 rings (SSSR count). The number of aliphatic hydroxyl groups is 5. The van der Waals surface area contributed by atoms with Crippen LogP contribution < -0.4 is 0 Å². The first-order valence-corrected chi connectivity index (χ1v) is 5.42. The molecule has 0 saturated heterocycles. The molecule has 16 heavy (non-hydrogen) atoms. The zero-order valence-corrected chi connectivity index (χ0v) is 9.23. The molecule has 5 N–H and O–H groups in total. The smallest absolute Gasteiger partial charge is 0.109 e. The first-order chi connectivity index (χ1) is 7.47. The fraction of sp³-hybridized carbons (Fsp3) is 1.00. The Morgan fingerprint density at radius 2 is 1.81 bits per heavy atom. The number of hydrogen-bond donors (Lipinski definition) is 5. The number of hydrogen-bond acceptors (Lipinski definition) is 6. The summed E-state index contributed by atoms with van der Waals surface area (Å²) in [6.45, 7) is 1.23. The second-order valence-electron chi connectivity index (χ2n) is 4.39. The van der Waals surface area contributed by atoms with Gasteiger partial charge in [0.05, 0.1) is 25.4 Å². The maximum absolute atomic E-state index is 9.63. The fourth-order valence-corrected chi connectivity index (χ4v) is 1.86. The SMILES string of the molecule is C[C@@H]1C[C@@H](OC[C@H](O)CO)[C@@H](O)[C@H](O)[C@@H]1O. The van der Waals surface area contributed by atoms with E-state index in [4.69, 9.17) is 14.9 Å². The number of aliphatic hydroxyl groups excluding tert-OH is 5. The van der Waals surface area contributed by atoms with Crippen LogP contribution in [0.4, 0.5) is 0 Å². The van der Waals surface area contributed by atoms with Crippen molar-refractivity contribution < 1.29 is 30.3 Å².